The molecule has 0 radical (unpaired) electrons. The highest BCUT2D eigenvalue weighted by Gasteiger charge is 2.39. The first-order chi connectivity index (χ1) is 49.4. The normalized spacial score (nSPS) is 14.9. The number of aromatic amines is 1. The number of nitrogens with one attached hydrogen (secondary N) is 12. The summed E-state index contributed by atoms with van der Waals surface area (Å²) < 4.78 is 0. The molecule has 29 N–H and O–H groups in total. The molecule has 0 aliphatic rings. The van der Waals surface area contributed by atoms with Crippen molar-refractivity contribution < 1.29 is 82.4 Å². The third kappa shape index (κ3) is 34.5. The number of carbonyl (C=O) groups is 14. The monoisotopic (exact) mass is 1480 g/mol. The summed E-state index contributed by atoms with van der Waals surface area (Å²) in [5.41, 5.74) is 39.7. The zero-order valence-corrected chi connectivity index (χ0v) is 60.7. The molecule has 2 rings (SSSR count). The second kappa shape index (κ2) is 46.9. The van der Waals surface area contributed by atoms with Crippen LogP contribution in [0, 0.1) is 23.7 Å². The summed E-state index contributed by atoms with van der Waals surface area (Å²) in [7, 11) is 0. The zero-order valence-electron chi connectivity index (χ0n) is 60.7. The number of benzene rings is 1. The summed E-state index contributed by atoms with van der Waals surface area (Å²) in [5, 5.41) is 57.2. The van der Waals surface area contributed by atoms with Crippen LogP contribution in [-0.2, 0) is 80.0 Å². The number of rotatable bonds is 50. The first-order valence-corrected chi connectivity index (χ1v) is 34.6. The molecular formula is C66H110N22O17. The van der Waals surface area contributed by atoms with Crippen molar-refractivity contribution in [3.63, 3.8) is 0 Å². The van der Waals surface area contributed by atoms with E-state index in [9.17, 15) is 82.4 Å². The number of carboxylic acids is 1. The Morgan fingerprint density at radius 2 is 0.867 bits per heavy atom. The van der Waals surface area contributed by atoms with E-state index >= 15 is 0 Å². The molecule has 0 saturated carbocycles. The van der Waals surface area contributed by atoms with Gasteiger partial charge in [0.1, 0.15) is 72.5 Å². The van der Waals surface area contributed by atoms with E-state index < -0.39 is 206 Å². The smallest absolute Gasteiger partial charge is 0.303 e. The Kier molecular flexibility index (Phi) is 40.4. The lowest BCUT2D eigenvalue weighted by atomic mass is 9.95. The average molecular weight is 1480 g/mol. The maximum absolute atomic E-state index is 14.7. The lowest BCUT2D eigenvalue weighted by Crippen LogP contribution is -2.62. The van der Waals surface area contributed by atoms with Crippen molar-refractivity contribution in [3.05, 3.63) is 54.1 Å². The van der Waals surface area contributed by atoms with Gasteiger partial charge in [0.15, 0.2) is 11.9 Å². The maximum atomic E-state index is 14.7. The highest BCUT2D eigenvalue weighted by Crippen LogP contribution is 2.16. The summed E-state index contributed by atoms with van der Waals surface area (Å²) in [6.45, 7) is 11.5. The van der Waals surface area contributed by atoms with Gasteiger partial charge in [0.2, 0.25) is 76.8 Å². The molecule has 0 fully saturated rings. The second-order valence-corrected chi connectivity index (χ2v) is 26.6. The number of H-pyrrole nitrogens is 1. The average Bonchev–Trinajstić information content (AvgIpc) is 1.37. The Bertz CT molecular complexity index is 3260. The molecule has 0 unspecified atom stereocenters. The molecule has 586 valence electrons. The predicted octanol–water partition coefficient (Wildman–Crippen LogP) is -6.64. The standard InChI is InChI=1S/C66H110N22O17/c1-9-36(8)52(88-61(102)46(26-34(4)5)84-58(99)43(20-22-50(92)93)81-62(103)48(31-90)86-56(97)40(17-13-23-75-65(70)71)78-54(95)39(67)30-89)64(105)87-51(35(6)7)63(104)85-47(28-38-29-74-32-77-38)60(101)80-42(19-21-49(68)91)57(98)79-41(18-14-24-76-66(72)73)55(96)83-45(25-33(2)3)59(100)82-44(53(69)94)27-37-15-11-10-12-16-37/h10-12,15-16,29,32-36,39-48,51-52,89-90H,9,13-14,17-28,30-31,67H2,1-8H3,(H2,68,91)(H2,69,94)(H,74,77)(H,78,95)(H,79,98)(H,80,101)(H,81,103)(H,82,100)(H,83,96)(H,84,99)(H,85,104)(H,86,97)(H,87,105)(H,88,102)(H,92,93)(H4,70,71,75)(H4,72,73,76)/t36-,39-,40-,41-,42-,43-,44-,45-,46-,47-,48-,51-,52-/m0/s1. The Morgan fingerprint density at radius 3 is 1.29 bits per heavy atom. The van der Waals surface area contributed by atoms with Gasteiger partial charge in [0, 0.05) is 50.7 Å². The van der Waals surface area contributed by atoms with Gasteiger partial charge in [-0.2, -0.15) is 0 Å². The Morgan fingerprint density at radius 1 is 0.467 bits per heavy atom. The van der Waals surface area contributed by atoms with E-state index in [1.54, 1.807) is 85.7 Å². The fraction of sp³-hybridized carbons (Fsp3) is 0.621. The van der Waals surface area contributed by atoms with E-state index in [1.165, 1.54) is 12.5 Å². The molecule has 1 aromatic carbocycles. The summed E-state index contributed by atoms with van der Waals surface area (Å²) in [5.74, 6) is -16.4. The molecule has 13 atom stereocenters. The Labute approximate surface area is 609 Å². The number of imidazole rings is 1. The largest absolute Gasteiger partial charge is 0.481 e. The number of aliphatic hydroxyl groups is 2. The SMILES string of the molecule is CC[C@H](C)[C@H](NC(=O)[C@H](CC(C)C)NC(=O)[C@H](CCC(=O)O)NC(=O)[C@H](CO)NC(=O)[C@H](CCCN=C(N)N)NC(=O)[C@@H](N)CO)C(=O)N[C@H](C(=O)N[C@@H](Cc1cnc[nH]1)C(=O)N[C@@H](CCC(N)=O)C(=O)N[C@@H](CCCN=C(N)N)C(=O)N[C@@H](CC(C)C)C(=O)N[C@@H](Cc1ccccc1)C(N)=O)C(C)C. The highest BCUT2D eigenvalue weighted by atomic mass is 16.4. The first-order valence-electron chi connectivity index (χ1n) is 34.6. The molecule has 39 nitrogen and oxygen atoms in total. The molecule has 1 aromatic heterocycles. The van der Waals surface area contributed by atoms with E-state index in [1.807, 2.05) is 0 Å². The fourth-order valence-electron chi connectivity index (χ4n) is 10.4. The molecule has 0 bridgehead atoms. The van der Waals surface area contributed by atoms with Gasteiger partial charge in [-0.3, -0.25) is 77.1 Å². The van der Waals surface area contributed by atoms with Gasteiger partial charge in [0.25, 0.3) is 0 Å². The maximum Gasteiger partial charge on any atom is 0.303 e. The van der Waals surface area contributed by atoms with Crippen LogP contribution < -0.4 is 98.6 Å². The van der Waals surface area contributed by atoms with Gasteiger partial charge in [0.05, 0.1) is 19.5 Å². The zero-order chi connectivity index (χ0) is 79.2. The Hall–Kier alpha value is -10.6. The molecule has 0 spiro atoms. The minimum atomic E-state index is -1.83. The van der Waals surface area contributed by atoms with E-state index in [-0.39, 0.29) is 94.6 Å². The number of hydrogen-bond acceptors (Lipinski definition) is 20. The van der Waals surface area contributed by atoms with Gasteiger partial charge in [-0.25, -0.2) is 4.98 Å². The third-order valence-electron chi connectivity index (χ3n) is 16.4. The molecule has 105 heavy (non-hydrogen) atoms. The van der Waals surface area contributed by atoms with Crippen molar-refractivity contribution in [2.24, 2.45) is 73.8 Å². The Balaban J connectivity index is 2.53. The van der Waals surface area contributed by atoms with Gasteiger partial charge in [-0.05, 0) is 80.6 Å². The number of amides is 13. The van der Waals surface area contributed by atoms with Gasteiger partial charge in [-0.15, -0.1) is 0 Å². The molecule has 1 heterocycles. The van der Waals surface area contributed by atoms with Crippen molar-refractivity contribution in [1.82, 2.24) is 68.5 Å². The van der Waals surface area contributed by atoms with Crippen LogP contribution >= 0.6 is 0 Å². The molecule has 0 aliphatic carbocycles. The number of primary amides is 2. The number of nitrogens with two attached hydrogens (primary N) is 7. The van der Waals surface area contributed by atoms with Crippen LogP contribution in [0.3, 0.4) is 0 Å². The number of carboxylic acid groups (broad SMARTS) is 1. The minimum Gasteiger partial charge on any atom is -0.481 e. The number of carbonyl (C=O) groups excluding carboxylic acids is 13. The van der Waals surface area contributed by atoms with Crippen molar-refractivity contribution >= 4 is 94.7 Å². The fourth-order valence-corrected chi connectivity index (χ4v) is 10.4. The number of aromatic nitrogens is 2. The van der Waals surface area contributed by atoms with Crippen molar-refractivity contribution in [2.75, 3.05) is 26.3 Å². The number of aliphatic carboxylic acids is 1. The summed E-state index contributed by atoms with van der Waals surface area (Å²) in [6, 6.07) is -9.30. The van der Waals surface area contributed by atoms with Gasteiger partial charge >= 0.3 is 5.97 Å². The van der Waals surface area contributed by atoms with E-state index in [0.29, 0.717) is 11.3 Å². The number of aliphatic hydroxyl groups excluding tert-OH is 2. The van der Waals surface area contributed by atoms with Gasteiger partial charge < -0.3 is 119 Å². The summed E-state index contributed by atoms with van der Waals surface area (Å²) in [6.07, 6.45) is 0.193. The van der Waals surface area contributed by atoms with Crippen LogP contribution in [0.25, 0.3) is 0 Å². The molecule has 13 amide bonds. The molecule has 0 saturated heterocycles. The number of hydrogen-bond donors (Lipinski definition) is 22. The van der Waals surface area contributed by atoms with E-state index in [0.717, 1.165) is 0 Å². The lowest BCUT2D eigenvalue weighted by Gasteiger charge is -2.31. The number of nitrogens with zero attached hydrogens (tertiary/aromatic N) is 3. The number of guanidine groups is 2. The predicted molar refractivity (Wildman–Crippen MR) is 383 cm³/mol. The number of aliphatic imine (C=N–C) groups is 2. The van der Waals surface area contributed by atoms with Gasteiger partial charge in [-0.1, -0.05) is 92.1 Å². The van der Waals surface area contributed by atoms with Crippen molar-refractivity contribution in [3.8, 4) is 0 Å². The lowest BCUT2D eigenvalue weighted by molar-refractivity contribution is -0.139. The molecule has 39 heteroatoms. The molecular weight excluding hydrogens is 1370 g/mol. The quantitative estimate of drug-likeness (QED) is 0.0166. The minimum absolute atomic E-state index is 0.00303. The van der Waals surface area contributed by atoms with Crippen LogP contribution in [-0.4, -0.2) is 219 Å². The summed E-state index contributed by atoms with van der Waals surface area (Å²) in [4.78, 5) is 207. The highest BCUT2D eigenvalue weighted by molar-refractivity contribution is 6.00. The summed E-state index contributed by atoms with van der Waals surface area (Å²) >= 11 is 0. The third-order valence-corrected chi connectivity index (χ3v) is 16.4. The van der Waals surface area contributed by atoms with Crippen molar-refractivity contribution in [1.29, 1.82) is 0 Å². The topological polar surface area (TPSA) is 668 Å². The van der Waals surface area contributed by atoms with E-state index in [4.69, 9.17) is 40.1 Å². The van der Waals surface area contributed by atoms with Crippen molar-refractivity contribution in [2.45, 2.75) is 211 Å². The van der Waals surface area contributed by atoms with Crippen LogP contribution in [0.4, 0.5) is 0 Å². The van der Waals surface area contributed by atoms with Crippen LogP contribution in [0.1, 0.15) is 137 Å². The first kappa shape index (κ1) is 90.5. The van der Waals surface area contributed by atoms with E-state index in [2.05, 4.69) is 78.4 Å². The van der Waals surface area contributed by atoms with Crippen LogP contribution in [0.2, 0.25) is 0 Å². The molecule has 0 aliphatic heterocycles. The second-order valence-electron chi connectivity index (χ2n) is 26.6. The van der Waals surface area contributed by atoms with Crippen LogP contribution in [0.5, 0.6) is 0 Å². The van der Waals surface area contributed by atoms with Crippen LogP contribution in [0.15, 0.2) is 52.8 Å². The molecule has 2 aromatic rings.